The van der Waals surface area contributed by atoms with Crippen LogP contribution in [0, 0.1) is 12.3 Å². The van der Waals surface area contributed by atoms with Crippen LogP contribution < -0.4 is 0 Å². The summed E-state index contributed by atoms with van der Waals surface area (Å²) >= 11 is 5.94. The molecule has 0 radical (unpaired) electrons. The number of hydrogen-bond acceptors (Lipinski definition) is 5. The maximum Gasteiger partial charge on any atom is 0.339 e. The van der Waals surface area contributed by atoms with Gasteiger partial charge < -0.3 is 19.4 Å². The number of H-pyrrole nitrogens is 1. The molecule has 4 rings (SSSR count). The van der Waals surface area contributed by atoms with E-state index in [0.717, 1.165) is 22.2 Å². The number of esters is 2. The molecule has 2 atom stereocenters. The summed E-state index contributed by atoms with van der Waals surface area (Å²) in [5.74, 6) is 0.484. The van der Waals surface area contributed by atoms with Crippen molar-refractivity contribution in [2.24, 2.45) is 0 Å². The highest BCUT2D eigenvalue weighted by atomic mass is 35.5. The summed E-state index contributed by atoms with van der Waals surface area (Å²) in [6.07, 6.45) is 5.44. The number of terminal acetylenes is 1. The van der Waals surface area contributed by atoms with Gasteiger partial charge in [-0.05, 0) is 29.3 Å². The van der Waals surface area contributed by atoms with Crippen LogP contribution in [0.1, 0.15) is 33.2 Å². The van der Waals surface area contributed by atoms with Crippen LogP contribution in [0.5, 0.6) is 0 Å². The molecule has 168 valence electrons. The molecule has 2 aromatic carbocycles. The Morgan fingerprint density at radius 1 is 1.18 bits per heavy atom. The first-order chi connectivity index (χ1) is 16.0. The van der Waals surface area contributed by atoms with E-state index in [1.807, 2.05) is 24.3 Å². The molecule has 0 bridgehead atoms. The summed E-state index contributed by atoms with van der Waals surface area (Å²) in [6.45, 7) is -0.125. The minimum atomic E-state index is -0.849. The molecule has 0 aliphatic carbocycles. The lowest BCUT2D eigenvalue weighted by Gasteiger charge is -2.40. The van der Waals surface area contributed by atoms with Crippen LogP contribution in [0.2, 0.25) is 0 Å². The average Bonchev–Trinajstić information content (AvgIpc) is 3.23. The average molecular weight is 465 g/mol. The standard InChI is InChI=1S/C25H21ClN2O5/c1-3-12-33-24(30)16-10-8-15(9-11-16)23-22-18(17-6-4-5-7-19(17)27-22)13-20(25(31)32-2)28(23)21(29)14-26/h1,4-11,20,23,27H,12-14H2,2H3/t20-,23+/m1/s1. The van der Waals surface area contributed by atoms with Crippen LogP contribution in [-0.4, -0.2) is 53.4 Å². The van der Waals surface area contributed by atoms with Gasteiger partial charge in [-0.15, -0.1) is 18.0 Å². The molecule has 0 fully saturated rings. The Morgan fingerprint density at radius 2 is 1.91 bits per heavy atom. The molecule has 3 aromatic rings. The summed E-state index contributed by atoms with van der Waals surface area (Å²) in [7, 11) is 1.29. The van der Waals surface area contributed by atoms with Gasteiger partial charge >= 0.3 is 11.9 Å². The predicted molar refractivity (Wildman–Crippen MR) is 123 cm³/mol. The quantitative estimate of drug-likeness (QED) is 0.356. The van der Waals surface area contributed by atoms with E-state index in [9.17, 15) is 14.4 Å². The van der Waals surface area contributed by atoms with Gasteiger partial charge in [0.1, 0.15) is 11.9 Å². The molecular weight excluding hydrogens is 444 g/mol. The van der Waals surface area contributed by atoms with Gasteiger partial charge in [-0.25, -0.2) is 9.59 Å². The molecule has 1 aromatic heterocycles. The Bertz CT molecular complexity index is 1260. The summed E-state index contributed by atoms with van der Waals surface area (Å²) < 4.78 is 10.0. The van der Waals surface area contributed by atoms with Gasteiger partial charge in [-0.3, -0.25) is 4.79 Å². The van der Waals surface area contributed by atoms with Crippen molar-refractivity contribution < 1.29 is 23.9 Å². The van der Waals surface area contributed by atoms with Crippen molar-refractivity contribution in [2.45, 2.75) is 18.5 Å². The Balaban J connectivity index is 1.86. The third kappa shape index (κ3) is 4.06. The number of amides is 1. The number of methoxy groups -OCH3 is 1. The Morgan fingerprint density at radius 3 is 2.58 bits per heavy atom. The largest absolute Gasteiger partial charge is 0.467 e. The van der Waals surface area contributed by atoms with Crippen LogP contribution >= 0.6 is 11.6 Å². The number of para-hydroxylation sites is 1. The third-order valence-corrected chi connectivity index (χ3v) is 5.98. The van der Waals surface area contributed by atoms with Crippen LogP contribution in [-0.2, 0) is 25.5 Å². The summed E-state index contributed by atoms with van der Waals surface area (Å²) in [5, 5.41) is 0.971. The fourth-order valence-electron chi connectivity index (χ4n) is 4.32. The molecule has 1 aliphatic rings. The fraction of sp³-hybridized carbons (Fsp3) is 0.240. The van der Waals surface area contributed by atoms with E-state index in [1.54, 1.807) is 24.3 Å². The second-order valence-electron chi connectivity index (χ2n) is 7.55. The molecule has 7 nitrogen and oxygen atoms in total. The van der Waals surface area contributed by atoms with Crippen molar-refractivity contribution in [1.82, 2.24) is 9.88 Å². The van der Waals surface area contributed by atoms with Crippen molar-refractivity contribution in [3.63, 3.8) is 0 Å². The Kier molecular flexibility index (Phi) is 6.38. The van der Waals surface area contributed by atoms with E-state index < -0.39 is 29.9 Å². The number of alkyl halides is 1. The fourth-order valence-corrected chi connectivity index (χ4v) is 4.46. The number of ether oxygens (including phenoxy) is 2. The van der Waals surface area contributed by atoms with E-state index in [1.165, 1.54) is 12.0 Å². The predicted octanol–water partition coefficient (Wildman–Crippen LogP) is 3.21. The van der Waals surface area contributed by atoms with Gasteiger partial charge in [-0.1, -0.05) is 36.3 Å². The highest BCUT2D eigenvalue weighted by molar-refractivity contribution is 6.27. The van der Waals surface area contributed by atoms with Crippen LogP contribution in [0.4, 0.5) is 0 Å². The van der Waals surface area contributed by atoms with Crippen molar-refractivity contribution in [1.29, 1.82) is 0 Å². The first kappa shape index (κ1) is 22.4. The minimum absolute atomic E-state index is 0.125. The zero-order valence-electron chi connectivity index (χ0n) is 17.8. The topological polar surface area (TPSA) is 88.7 Å². The number of carbonyl (C=O) groups excluding carboxylic acids is 3. The smallest absolute Gasteiger partial charge is 0.339 e. The maximum absolute atomic E-state index is 13.0. The molecule has 8 heteroatoms. The lowest BCUT2D eigenvalue weighted by Crippen LogP contribution is -2.52. The first-order valence-corrected chi connectivity index (χ1v) is 10.8. The number of rotatable bonds is 5. The summed E-state index contributed by atoms with van der Waals surface area (Å²) in [5.41, 5.74) is 3.63. The van der Waals surface area contributed by atoms with Gasteiger partial charge in [0.05, 0.1) is 18.7 Å². The van der Waals surface area contributed by atoms with Gasteiger partial charge in [0, 0.05) is 23.0 Å². The molecule has 0 saturated carbocycles. The number of benzene rings is 2. The minimum Gasteiger partial charge on any atom is -0.467 e. The molecule has 0 saturated heterocycles. The molecule has 0 unspecified atom stereocenters. The van der Waals surface area contributed by atoms with Crippen molar-refractivity contribution in [2.75, 3.05) is 19.6 Å². The Labute approximate surface area is 195 Å². The second-order valence-corrected chi connectivity index (χ2v) is 7.81. The number of carbonyl (C=O) groups is 3. The van der Waals surface area contributed by atoms with Crippen LogP contribution in [0.3, 0.4) is 0 Å². The number of aromatic amines is 1. The molecule has 0 spiro atoms. The molecule has 1 N–H and O–H groups in total. The number of aromatic nitrogens is 1. The number of halogens is 1. The number of hydrogen-bond donors (Lipinski definition) is 1. The van der Waals surface area contributed by atoms with E-state index in [4.69, 9.17) is 27.5 Å². The molecule has 33 heavy (non-hydrogen) atoms. The Hall–Kier alpha value is -3.76. The highest BCUT2D eigenvalue weighted by Crippen LogP contribution is 2.41. The normalized spacial score (nSPS) is 17.2. The molecule has 2 heterocycles. The van der Waals surface area contributed by atoms with Crippen molar-refractivity contribution in [3.05, 3.63) is 70.9 Å². The maximum atomic E-state index is 13.0. The lowest BCUT2D eigenvalue weighted by molar-refractivity contribution is -0.154. The number of nitrogens with zero attached hydrogens (tertiary/aromatic N) is 1. The molecule has 1 amide bonds. The van der Waals surface area contributed by atoms with E-state index in [2.05, 4.69) is 10.9 Å². The van der Waals surface area contributed by atoms with Crippen molar-refractivity contribution in [3.8, 4) is 12.3 Å². The first-order valence-electron chi connectivity index (χ1n) is 10.2. The number of fused-ring (bicyclic) bond motifs is 3. The highest BCUT2D eigenvalue weighted by Gasteiger charge is 2.43. The van der Waals surface area contributed by atoms with E-state index >= 15 is 0 Å². The van der Waals surface area contributed by atoms with Gasteiger partial charge in [0.2, 0.25) is 5.91 Å². The summed E-state index contributed by atoms with van der Waals surface area (Å²) in [4.78, 5) is 42.7. The van der Waals surface area contributed by atoms with Gasteiger partial charge in [-0.2, -0.15) is 0 Å². The SMILES string of the molecule is C#CCOC(=O)c1ccc([C@H]2c3[nH]c4ccccc4c3C[C@H](C(=O)OC)N2C(=O)CCl)cc1. The zero-order valence-corrected chi connectivity index (χ0v) is 18.6. The lowest BCUT2D eigenvalue weighted by atomic mass is 9.87. The summed E-state index contributed by atoms with van der Waals surface area (Å²) in [6, 6.07) is 12.9. The molecular formula is C25H21ClN2O5. The number of nitrogens with one attached hydrogen (secondary N) is 1. The third-order valence-electron chi connectivity index (χ3n) is 5.76. The van der Waals surface area contributed by atoms with Crippen LogP contribution in [0.25, 0.3) is 10.9 Å². The van der Waals surface area contributed by atoms with Gasteiger partial charge in [0.15, 0.2) is 6.61 Å². The van der Waals surface area contributed by atoms with Crippen LogP contribution in [0.15, 0.2) is 48.5 Å². The molecule has 1 aliphatic heterocycles. The van der Waals surface area contributed by atoms with Gasteiger partial charge in [0.25, 0.3) is 0 Å². The van der Waals surface area contributed by atoms with Crippen molar-refractivity contribution >= 4 is 40.3 Å². The second kappa shape index (κ2) is 9.39. The zero-order chi connectivity index (χ0) is 23.5. The monoisotopic (exact) mass is 464 g/mol. The van der Waals surface area contributed by atoms with E-state index in [-0.39, 0.29) is 12.5 Å². The van der Waals surface area contributed by atoms with E-state index in [0.29, 0.717) is 17.5 Å².